The standard InChI is InChI=1S/C18H17NO4/c1-22-15-7-8-16(17(10-15)23-2)14(11-19)9-12-3-5-13(6-4-12)18(20)21/h3-8,10,14H,9H2,1-2H3,(H,20,21). The molecule has 0 aromatic heterocycles. The Morgan fingerprint density at radius 2 is 1.87 bits per heavy atom. The molecule has 0 aliphatic carbocycles. The van der Waals surface area contributed by atoms with Crippen molar-refractivity contribution in [2.24, 2.45) is 0 Å². The fourth-order valence-corrected chi connectivity index (χ4v) is 2.35. The molecule has 0 saturated heterocycles. The van der Waals surface area contributed by atoms with Gasteiger partial charge in [0.15, 0.2) is 0 Å². The SMILES string of the molecule is COc1ccc(C(C#N)Cc2ccc(C(=O)O)cc2)c(OC)c1. The molecule has 5 nitrogen and oxygen atoms in total. The monoisotopic (exact) mass is 311 g/mol. The number of nitrogens with zero attached hydrogens (tertiary/aromatic N) is 1. The lowest BCUT2D eigenvalue weighted by Gasteiger charge is -2.15. The predicted octanol–water partition coefficient (Wildman–Crippen LogP) is 3.25. The zero-order chi connectivity index (χ0) is 16.8. The van der Waals surface area contributed by atoms with Crippen LogP contribution in [0.5, 0.6) is 11.5 Å². The summed E-state index contributed by atoms with van der Waals surface area (Å²) in [5.41, 5.74) is 1.89. The summed E-state index contributed by atoms with van der Waals surface area (Å²) in [4.78, 5) is 10.9. The van der Waals surface area contributed by atoms with Crippen LogP contribution in [0.25, 0.3) is 0 Å². The molecule has 5 heteroatoms. The zero-order valence-electron chi connectivity index (χ0n) is 12.9. The highest BCUT2D eigenvalue weighted by Crippen LogP contribution is 2.32. The van der Waals surface area contributed by atoms with E-state index in [2.05, 4.69) is 6.07 Å². The van der Waals surface area contributed by atoms with Crippen LogP contribution in [0.1, 0.15) is 27.4 Å². The zero-order valence-corrected chi connectivity index (χ0v) is 12.9. The maximum absolute atomic E-state index is 10.9. The van der Waals surface area contributed by atoms with E-state index in [9.17, 15) is 10.1 Å². The Hall–Kier alpha value is -3.00. The van der Waals surface area contributed by atoms with Crippen molar-refractivity contribution >= 4 is 5.97 Å². The smallest absolute Gasteiger partial charge is 0.335 e. The molecule has 23 heavy (non-hydrogen) atoms. The number of hydrogen-bond donors (Lipinski definition) is 1. The van der Waals surface area contributed by atoms with E-state index in [-0.39, 0.29) is 5.56 Å². The molecule has 0 fully saturated rings. The molecular weight excluding hydrogens is 294 g/mol. The number of carboxylic acid groups (broad SMARTS) is 1. The Labute approximate surface area is 134 Å². The Kier molecular flexibility index (Phi) is 5.21. The van der Waals surface area contributed by atoms with Crippen LogP contribution in [0.15, 0.2) is 42.5 Å². The largest absolute Gasteiger partial charge is 0.497 e. The highest BCUT2D eigenvalue weighted by molar-refractivity contribution is 5.87. The van der Waals surface area contributed by atoms with Crippen LogP contribution in [-0.2, 0) is 6.42 Å². The van der Waals surface area contributed by atoms with Gasteiger partial charge in [-0.25, -0.2) is 4.79 Å². The van der Waals surface area contributed by atoms with Crippen molar-refractivity contribution in [3.05, 3.63) is 59.2 Å². The van der Waals surface area contributed by atoms with Gasteiger partial charge < -0.3 is 14.6 Å². The number of methoxy groups -OCH3 is 2. The third-order valence-corrected chi connectivity index (χ3v) is 3.61. The number of rotatable bonds is 6. The molecule has 2 aromatic rings. The Morgan fingerprint density at radius 3 is 2.39 bits per heavy atom. The molecule has 0 saturated carbocycles. The molecule has 0 aliphatic rings. The van der Waals surface area contributed by atoms with E-state index < -0.39 is 11.9 Å². The van der Waals surface area contributed by atoms with E-state index in [1.807, 2.05) is 6.07 Å². The van der Waals surface area contributed by atoms with Crippen LogP contribution in [0.2, 0.25) is 0 Å². The van der Waals surface area contributed by atoms with E-state index >= 15 is 0 Å². The summed E-state index contributed by atoms with van der Waals surface area (Å²) in [6, 6.07) is 14.2. The molecule has 1 N–H and O–H groups in total. The number of carbonyl (C=O) groups is 1. The summed E-state index contributed by atoms with van der Waals surface area (Å²) in [5, 5.41) is 18.4. The van der Waals surface area contributed by atoms with Crippen LogP contribution >= 0.6 is 0 Å². The number of ether oxygens (including phenoxy) is 2. The lowest BCUT2D eigenvalue weighted by atomic mass is 9.92. The van der Waals surface area contributed by atoms with Crippen molar-refractivity contribution in [3.8, 4) is 17.6 Å². The summed E-state index contributed by atoms with van der Waals surface area (Å²) in [7, 11) is 3.12. The van der Waals surface area contributed by atoms with Crippen LogP contribution in [0.4, 0.5) is 0 Å². The molecule has 0 heterocycles. The number of hydrogen-bond acceptors (Lipinski definition) is 4. The summed E-state index contributed by atoms with van der Waals surface area (Å²) < 4.78 is 10.5. The molecule has 0 bridgehead atoms. The van der Waals surface area contributed by atoms with Gasteiger partial charge in [-0.3, -0.25) is 0 Å². The lowest BCUT2D eigenvalue weighted by molar-refractivity contribution is 0.0697. The molecule has 1 unspecified atom stereocenters. The fourth-order valence-electron chi connectivity index (χ4n) is 2.35. The second-order valence-electron chi connectivity index (χ2n) is 5.00. The van der Waals surface area contributed by atoms with Gasteiger partial charge in [-0.15, -0.1) is 0 Å². The maximum Gasteiger partial charge on any atom is 0.335 e. The molecule has 1 atom stereocenters. The van der Waals surface area contributed by atoms with E-state index in [0.717, 1.165) is 11.1 Å². The van der Waals surface area contributed by atoms with Gasteiger partial charge in [-0.1, -0.05) is 18.2 Å². The summed E-state index contributed by atoms with van der Waals surface area (Å²) in [5.74, 6) is -0.108. The van der Waals surface area contributed by atoms with E-state index in [1.165, 1.54) is 12.1 Å². The molecule has 2 aromatic carbocycles. The molecule has 118 valence electrons. The van der Waals surface area contributed by atoms with Crippen molar-refractivity contribution in [2.75, 3.05) is 14.2 Å². The highest BCUT2D eigenvalue weighted by Gasteiger charge is 2.17. The molecule has 0 aliphatic heterocycles. The lowest BCUT2D eigenvalue weighted by Crippen LogP contribution is -2.04. The Balaban J connectivity index is 2.26. The van der Waals surface area contributed by atoms with Crippen molar-refractivity contribution in [2.45, 2.75) is 12.3 Å². The summed E-state index contributed by atoms with van der Waals surface area (Å²) in [6.45, 7) is 0. The summed E-state index contributed by atoms with van der Waals surface area (Å²) >= 11 is 0. The predicted molar refractivity (Wildman–Crippen MR) is 85.0 cm³/mol. The van der Waals surface area contributed by atoms with Crippen LogP contribution < -0.4 is 9.47 Å². The minimum absolute atomic E-state index is 0.226. The third kappa shape index (κ3) is 3.80. The van der Waals surface area contributed by atoms with E-state index in [0.29, 0.717) is 17.9 Å². The fraction of sp³-hybridized carbons (Fsp3) is 0.222. The average Bonchev–Trinajstić information content (AvgIpc) is 2.59. The Morgan fingerprint density at radius 1 is 1.17 bits per heavy atom. The first-order chi connectivity index (χ1) is 11.1. The quantitative estimate of drug-likeness (QED) is 0.885. The highest BCUT2D eigenvalue weighted by atomic mass is 16.5. The number of aromatic carboxylic acids is 1. The van der Waals surface area contributed by atoms with Gasteiger partial charge in [0.05, 0.1) is 31.8 Å². The summed E-state index contributed by atoms with van der Waals surface area (Å²) in [6.07, 6.45) is 0.471. The third-order valence-electron chi connectivity index (χ3n) is 3.61. The second-order valence-corrected chi connectivity index (χ2v) is 5.00. The molecule has 0 spiro atoms. The van der Waals surface area contributed by atoms with Crippen molar-refractivity contribution < 1.29 is 19.4 Å². The van der Waals surface area contributed by atoms with Crippen molar-refractivity contribution in [1.29, 1.82) is 5.26 Å². The molecular formula is C18H17NO4. The average molecular weight is 311 g/mol. The maximum atomic E-state index is 10.9. The van der Waals surface area contributed by atoms with Gasteiger partial charge in [0.25, 0.3) is 0 Å². The van der Waals surface area contributed by atoms with Crippen LogP contribution in [0, 0.1) is 11.3 Å². The topological polar surface area (TPSA) is 79.5 Å². The first kappa shape index (κ1) is 16.4. The van der Waals surface area contributed by atoms with Crippen LogP contribution in [-0.4, -0.2) is 25.3 Å². The molecule has 0 amide bonds. The Bertz CT molecular complexity index is 732. The van der Waals surface area contributed by atoms with Gasteiger partial charge in [-0.2, -0.15) is 5.26 Å². The minimum Gasteiger partial charge on any atom is -0.497 e. The van der Waals surface area contributed by atoms with Gasteiger partial charge >= 0.3 is 5.97 Å². The van der Waals surface area contributed by atoms with Gasteiger partial charge in [-0.05, 0) is 30.2 Å². The second kappa shape index (κ2) is 7.32. The number of carboxylic acids is 1. The van der Waals surface area contributed by atoms with Gasteiger partial charge in [0, 0.05) is 11.6 Å². The normalized spacial score (nSPS) is 11.3. The van der Waals surface area contributed by atoms with Gasteiger partial charge in [0.1, 0.15) is 11.5 Å². The molecule has 0 radical (unpaired) electrons. The van der Waals surface area contributed by atoms with Crippen molar-refractivity contribution in [1.82, 2.24) is 0 Å². The van der Waals surface area contributed by atoms with Gasteiger partial charge in [0.2, 0.25) is 0 Å². The van der Waals surface area contributed by atoms with E-state index in [4.69, 9.17) is 14.6 Å². The molecule has 2 rings (SSSR count). The first-order valence-corrected chi connectivity index (χ1v) is 7.02. The van der Waals surface area contributed by atoms with Crippen LogP contribution in [0.3, 0.4) is 0 Å². The number of benzene rings is 2. The van der Waals surface area contributed by atoms with Crippen molar-refractivity contribution in [3.63, 3.8) is 0 Å². The van der Waals surface area contributed by atoms with E-state index in [1.54, 1.807) is 38.5 Å². The minimum atomic E-state index is -0.967. The first-order valence-electron chi connectivity index (χ1n) is 7.02. The number of nitriles is 1.